The van der Waals surface area contributed by atoms with Gasteiger partial charge in [0.25, 0.3) is 0 Å². The first-order valence-corrected chi connectivity index (χ1v) is 8.51. The summed E-state index contributed by atoms with van der Waals surface area (Å²) in [5, 5.41) is 0. The smallest absolute Gasteiger partial charge is 0.331 e. The maximum absolute atomic E-state index is 12.8. The summed E-state index contributed by atoms with van der Waals surface area (Å²) in [5.74, 6) is -0.722. The lowest BCUT2D eigenvalue weighted by Crippen LogP contribution is -2.22. The molecule has 25 heavy (non-hydrogen) atoms. The lowest BCUT2D eigenvalue weighted by atomic mass is 10.1. The fourth-order valence-corrected chi connectivity index (χ4v) is 2.39. The number of esters is 1. The van der Waals surface area contributed by atoms with Crippen LogP contribution >= 0.6 is 0 Å². The van der Waals surface area contributed by atoms with Gasteiger partial charge in [0, 0.05) is 12.6 Å². The van der Waals surface area contributed by atoms with Crippen molar-refractivity contribution in [3.8, 4) is 0 Å². The van der Waals surface area contributed by atoms with Crippen molar-refractivity contribution in [3.05, 3.63) is 77.1 Å². The molecular weight excluding hydrogens is 317 g/mol. The molecule has 0 aliphatic heterocycles. The van der Waals surface area contributed by atoms with E-state index in [9.17, 15) is 9.18 Å². The predicted octanol–water partition coefficient (Wildman–Crippen LogP) is 4.42. The molecule has 2 aromatic rings. The lowest BCUT2D eigenvalue weighted by Gasteiger charge is -2.18. The van der Waals surface area contributed by atoms with E-state index in [0.717, 1.165) is 30.8 Å². The molecule has 0 amide bonds. The van der Waals surface area contributed by atoms with E-state index in [4.69, 9.17) is 4.74 Å². The van der Waals surface area contributed by atoms with Crippen LogP contribution in [0.2, 0.25) is 0 Å². The largest absolute Gasteiger partial charge is 0.458 e. The van der Waals surface area contributed by atoms with Crippen molar-refractivity contribution in [3.63, 3.8) is 0 Å². The summed E-state index contributed by atoms with van der Waals surface area (Å²) in [7, 11) is 0. The molecule has 0 saturated heterocycles. The Morgan fingerprint density at radius 1 is 1.00 bits per heavy atom. The van der Waals surface area contributed by atoms with E-state index in [1.54, 1.807) is 18.2 Å². The van der Waals surface area contributed by atoms with Crippen LogP contribution in [0.1, 0.15) is 30.5 Å². The minimum absolute atomic E-state index is 0.234. The molecule has 2 aromatic carbocycles. The Hall–Kier alpha value is -2.46. The Balaban J connectivity index is 1.82. The Morgan fingerprint density at radius 3 is 2.20 bits per heavy atom. The van der Waals surface area contributed by atoms with Crippen LogP contribution in [0.4, 0.5) is 4.39 Å². The minimum Gasteiger partial charge on any atom is -0.458 e. The summed E-state index contributed by atoms with van der Waals surface area (Å²) in [5.41, 5.74) is 2.95. The van der Waals surface area contributed by atoms with Crippen molar-refractivity contribution < 1.29 is 13.9 Å². The zero-order chi connectivity index (χ0) is 18.1. The lowest BCUT2D eigenvalue weighted by molar-refractivity contribution is -0.138. The molecule has 0 radical (unpaired) electrons. The molecule has 0 fully saturated rings. The number of nitrogens with zero attached hydrogens (tertiary/aromatic N) is 1. The molecule has 0 unspecified atom stereocenters. The molecule has 0 N–H and O–H groups in total. The number of ether oxygens (including phenoxy) is 1. The second-order valence-corrected chi connectivity index (χ2v) is 5.77. The number of carbonyl (C=O) groups is 1. The molecule has 0 saturated carbocycles. The number of hydrogen-bond acceptors (Lipinski definition) is 3. The highest BCUT2D eigenvalue weighted by molar-refractivity contribution is 5.87. The van der Waals surface area contributed by atoms with Gasteiger partial charge >= 0.3 is 5.97 Å². The van der Waals surface area contributed by atoms with Gasteiger partial charge in [0.05, 0.1) is 0 Å². The summed E-state index contributed by atoms with van der Waals surface area (Å²) < 4.78 is 18.0. The van der Waals surface area contributed by atoms with Crippen molar-refractivity contribution in [2.24, 2.45) is 0 Å². The third-order valence-corrected chi connectivity index (χ3v) is 3.99. The number of halogens is 1. The van der Waals surface area contributed by atoms with E-state index in [1.807, 2.05) is 12.1 Å². The molecule has 0 aromatic heterocycles. The van der Waals surface area contributed by atoms with Crippen LogP contribution in [0.3, 0.4) is 0 Å². The van der Waals surface area contributed by atoms with Gasteiger partial charge in [0.2, 0.25) is 0 Å². The van der Waals surface area contributed by atoms with Crippen molar-refractivity contribution in [2.75, 3.05) is 13.1 Å². The number of hydrogen-bond donors (Lipinski definition) is 0. The summed E-state index contributed by atoms with van der Waals surface area (Å²) >= 11 is 0. The summed E-state index contributed by atoms with van der Waals surface area (Å²) in [6.45, 7) is 7.51. The van der Waals surface area contributed by atoms with E-state index >= 15 is 0 Å². The van der Waals surface area contributed by atoms with Gasteiger partial charge in [-0.1, -0.05) is 50.2 Å². The van der Waals surface area contributed by atoms with Gasteiger partial charge in [-0.2, -0.15) is 0 Å². The second-order valence-electron chi connectivity index (χ2n) is 5.77. The highest BCUT2D eigenvalue weighted by Gasteiger charge is 2.03. The predicted molar refractivity (Wildman–Crippen MR) is 98.3 cm³/mol. The van der Waals surface area contributed by atoms with Gasteiger partial charge in [0.1, 0.15) is 12.4 Å². The Labute approximate surface area is 148 Å². The van der Waals surface area contributed by atoms with Crippen molar-refractivity contribution in [1.82, 2.24) is 4.90 Å². The zero-order valence-corrected chi connectivity index (χ0v) is 14.7. The van der Waals surface area contributed by atoms with Crippen molar-refractivity contribution in [1.29, 1.82) is 0 Å². The van der Waals surface area contributed by atoms with E-state index < -0.39 is 5.97 Å². The zero-order valence-electron chi connectivity index (χ0n) is 14.7. The van der Waals surface area contributed by atoms with Gasteiger partial charge in [-0.3, -0.25) is 4.90 Å². The first-order valence-electron chi connectivity index (χ1n) is 8.51. The van der Waals surface area contributed by atoms with Crippen LogP contribution in [0.25, 0.3) is 6.08 Å². The summed E-state index contributed by atoms with van der Waals surface area (Å²) in [6.07, 6.45) is 2.96. The molecule has 4 heteroatoms. The average molecular weight is 341 g/mol. The maximum Gasteiger partial charge on any atom is 0.331 e. The van der Waals surface area contributed by atoms with Crippen LogP contribution in [0.15, 0.2) is 54.6 Å². The molecule has 132 valence electrons. The molecule has 2 rings (SSSR count). The Bertz CT molecular complexity index is 689. The van der Waals surface area contributed by atoms with Crippen LogP contribution in [-0.2, 0) is 22.7 Å². The van der Waals surface area contributed by atoms with Crippen molar-refractivity contribution in [2.45, 2.75) is 27.0 Å². The number of rotatable bonds is 8. The first-order chi connectivity index (χ1) is 12.1. The molecule has 0 aliphatic carbocycles. The molecular formula is C21H24FNO2. The molecule has 0 heterocycles. The highest BCUT2D eigenvalue weighted by Crippen LogP contribution is 2.09. The number of carbonyl (C=O) groups excluding carboxylic acids is 1. The molecule has 3 nitrogen and oxygen atoms in total. The van der Waals surface area contributed by atoms with E-state index in [0.29, 0.717) is 0 Å². The second kappa shape index (κ2) is 9.74. The molecule has 0 atom stereocenters. The molecule has 0 aliphatic rings. The molecule has 0 bridgehead atoms. The minimum atomic E-state index is -0.420. The standard InChI is InChI=1S/C21H24FNO2/c1-3-23(4-2)15-18-5-7-19(8-6-18)16-25-21(24)14-11-17-9-12-20(22)13-10-17/h5-14H,3-4,15-16H2,1-2H3/b14-11+. The van der Waals surface area contributed by atoms with Gasteiger partial charge in [-0.05, 0) is 48.0 Å². The fourth-order valence-electron chi connectivity index (χ4n) is 2.39. The quantitative estimate of drug-likeness (QED) is 0.526. The van der Waals surface area contributed by atoms with Gasteiger partial charge in [0.15, 0.2) is 0 Å². The number of benzene rings is 2. The summed E-state index contributed by atoms with van der Waals surface area (Å²) in [6, 6.07) is 14.0. The van der Waals surface area contributed by atoms with E-state index in [1.165, 1.54) is 23.8 Å². The van der Waals surface area contributed by atoms with Gasteiger partial charge < -0.3 is 4.74 Å². The maximum atomic E-state index is 12.8. The highest BCUT2D eigenvalue weighted by atomic mass is 19.1. The fraction of sp³-hybridized carbons (Fsp3) is 0.286. The van der Waals surface area contributed by atoms with E-state index in [2.05, 4.69) is 30.9 Å². The monoisotopic (exact) mass is 341 g/mol. The van der Waals surface area contributed by atoms with Crippen LogP contribution in [-0.4, -0.2) is 24.0 Å². The average Bonchev–Trinajstić information content (AvgIpc) is 2.65. The van der Waals surface area contributed by atoms with Crippen LogP contribution in [0.5, 0.6) is 0 Å². The third kappa shape index (κ3) is 6.51. The van der Waals surface area contributed by atoms with Crippen LogP contribution in [0, 0.1) is 5.82 Å². The SMILES string of the molecule is CCN(CC)Cc1ccc(COC(=O)/C=C/c2ccc(F)cc2)cc1. The Kier molecular flexibility index (Phi) is 7.36. The summed E-state index contributed by atoms with van der Waals surface area (Å²) in [4.78, 5) is 14.1. The topological polar surface area (TPSA) is 29.5 Å². The first kappa shape index (κ1) is 18.9. The third-order valence-electron chi connectivity index (χ3n) is 3.99. The van der Waals surface area contributed by atoms with Crippen molar-refractivity contribution >= 4 is 12.0 Å². The molecule has 0 spiro atoms. The van der Waals surface area contributed by atoms with Crippen LogP contribution < -0.4 is 0 Å². The Morgan fingerprint density at radius 2 is 1.60 bits per heavy atom. The van der Waals surface area contributed by atoms with Gasteiger partial charge in [-0.25, -0.2) is 9.18 Å². The normalized spacial score (nSPS) is 11.2. The van der Waals surface area contributed by atoms with Gasteiger partial charge in [-0.15, -0.1) is 0 Å². The van der Waals surface area contributed by atoms with E-state index in [-0.39, 0.29) is 12.4 Å².